The van der Waals surface area contributed by atoms with E-state index >= 15 is 0 Å². The van der Waals surface area contributed by atoms with Gasteiger partial charge in [0.1, 0.15) is 0 Å². The van der Waals surface area contributed by atoms with Gasteiger partial charge in [-0.3, -0.25) is 25.2 Å². The number of imidazole rings is 1. The Kier molecular flexibility index (Phi) is 3.73. The summed E-state index contributed by atoms with van der Waals surface area (Å²) in [4.78, 5) is 40.2. The number of nitrogens with zero attached hydrogens (tertiary/aromatic N) is 3. The zero-order valence-corrected chi connectivity index (χ0v) is 12.3. The summed E-state index contributed by atoms with van der Waals surface area (Å²) in [5, 5.41) is 33.7. The SMILES string of the molecule is O=c1[nH]c2ccc(N=Cc3cc([N+](=O)[O-])cc([N+](=O)[O-])c3[O-])cc2[nH]1. The van der Waals surface area contributed by atoms with E-state index in [1.807, 2.05) is 0 Å². The lowest BCUT2D eigenvalue weighted by Crippen LogP contribution is -2.03. The molecule has 0 bridgehead atoms. The Morgan fingerprint density at radius 2 is 1.72 bits per heavy atom. The molecule has 3 aromatic rings. The van der Waals surface area contributed by atoms with Gasteiger partial charge in [0.15, 0.2) is 0 Å². The predicted molar refractivity (Wildman–Crippen MR) is 85.4 cm³/mol. The number of aliphatic imine (C=N–C) groups is 1. The number of hydrogen-bond donors (Lipinski definition) is 2. The number of nitro benzene ring substituents is 2. The summed E-state index contributed by atoms with van der Waals surface area (Å²) in [6.07, 6.45) is 1.01. The van der Waals surface area contributed by atoms with E-state index in [0.29, 0.717) is 22.8 Å². The highest BCUT2D eigenvalue weighted by Gasteiger charge is 2.18. The Hall–Kier alpha value is -4.02. The first-order chi connectivity index (χ1) is 11.8. The van der Waals surface area contributed by atoms with Crippen molar-refractivity contribution in [3.05, 3.63) is 66.6 Å². The number of benzene rings is 2. The lowest BCUT2D eigenvalue weighted by Gasteiger charge is -2.10. The summed E-state index contributed by atoms with van der Waals surface area (Å²) < 4.78 is 0. The first-order valence-corrected chi connectivity index (χ1v) is 6.75. The molecule has 0 saturated carbocycles. The number of nitro groups is 2. The highest BCUT2D eigenvalue weighted by atomic mass is 16.6. The van der Waals surface area contributed by atoms with E-state index in [4.69, 9.17) is 0 Å². The second-order valence-corrected chi connectivity index (χ2v) is 4.96. The van der Waals surface area contributed by atoms with Crippen LogP contribution in [0.5, 0.6) is 5.75 Å². The summed E-state index contributed by atoms with van der Waals surface area (Å²) in [6.45, 7) is 0. The van der Waals surface area contributed by atoms with Gasteiger partial charge in [-0.1, -0.05) is 0 Å². The first kappa shape index (κ1) is 15.9. The summed E-state index contributed by atoms with van der Waals surface area (Å²) >= 11 is 0. The summed E-state index contributed by atoms with van der Waals surface area (Å²) in [5.74, 6) is -0.976. The molecule has 0 spiro atoms. The maximum Gasteiger partial charge on any atom is 0.323 e. The highest BCUT2D eigenvalue weighted by Crippen LogP contribution is 2.31. The molecule has 0 unspecified atom stereocenters. The van der Waals surface area contributed by atoms with Gasteiger partial charge in [0.05, 0.1) is 32.6 Å². The molecule has 2 aromatic carbocycles. The van der Waals surface area contributed by atoms with Gasteiger partial charge >= 0.3 is 5.69 Å². The molecular weight excluding hydrogens is 334 g/mol. The van der Waals surface area contributed by atoms with Crippen LogP contribution in [0.2, 0.25) is 0 Å². The number of non-ortho nitro benzene ring substituents is 1. The van der Waals surface area contributed by atoms with Gasteiger partial charge in [-0.2, -0.15) is 0 Å². The fourth-order valence-electron chi connectivity index (χ4n) is 2.20. The average molecular weight is 342 g/mol. The van der Waals surface area contributed by atoms with E-state index in [0.717, 1.165) is 12.3 Å². The number of H-pyrrole nitrogens is 2. The quantitative estimate of drug-likeness (QED) is 0.413. The standard InChI is InChI=1S/C14H9N5O6/c20-13-7(3-9(18(22)23)5-12(13)19(24)25)6-15-8-1-2-10-11(4-8)17-14(21)16-10/h1-6,20H,(H2,16,17,21)/p-1. The fraction of sp³-hybridized carbons (Fsp3) is 0. The van der Waals surface area contributed by atoms with Crippen LogP contribution in [0.4, 0.5) is 17.1 Å². The highest BCUT2D eigenvalue weighted by molar-refractivity contribution is 5.89. The van der Waals surface area contributed by atoms with E-state index in [1.54, 1.807) is 12.1 Å². The summed E-state index contributed by atoms with van der Waals surface area (Å²) in [5.41, 5.74) is -0.794. The van der Waals surface area contributed by atoms with Gasteiger partial charge in [-0.25, -0.2) is 4.79 Å². The van der Waals surface area contributed by atoms with Crippen molar-refractivity contribution in [1.82, 2.24) is 9.97 Å². The molecule has 1 aromatic heterocycles. The van der Waals surface area contributed by atoms with Crippen molar-refractivity contribution >= 4 is 34.3 Å². The molecule has 1 heterocycles. The van der Waals surface area contributed by atoms with Gasteiger partial charge in [0.25, 0.3) is 11.4 Å². The van der Waals surface area contributed by atoms with Gasteiger partial charge in [-0.05, 0) is 29.5 Å². The van der Waals surface area contributed by atoms with Crippen molar-refractivity contribution in [3.8, 4) is 5.75 Å². The Balaban J connectivity index is 2.05. The van der Waals surface area contributed by atoms with Crippen LogP contribution in [-0.2, 0) is 0 Å². The normalized spacial score (nSPS) is 11.2. The third kappa shape index (κ3) is 3.06. The second kappa shape index (κ2) is 5.88. The van der Waals surface area contributed by atoms with Crippen LogP contribution in [0.3, 0.4) is 0 Å². The van der Waals surface area contributed by atoms with Crippen molar-refractivity contribution < 1.29 is 15.0 Å². The average Bonchev–Trinajstić information content (AvgIpc) is 2.92. The van der Waals surface area contributed by atoms with Crippen molar-refractivity contribution in [1.29, 1.82) is 0 Å². The molecule has 11 heteroatoms. The number of rotatable bonds is 4. The minimum Gasteiger partial charge on any atom is -0.867 e. The van der Waals surface area contributed by atoms with Crippen molar-refractivity contribution in [2.75, 3.05) is 0 Å². The van der Waals surface area contributed by atoms with Crippen molar-refractivity contribution in [3.63, 3.8) is 0 Å². The molecule has 3 rings (SSSR count). The fourth-order valence-corrected chi connectivity index (χ4v) is 2.20. The third-order valence-electron chi connectivity index (χ3n) is 3.34. The molecule has 0 amide bonds. The largest absolute Gasteiger partial charge is 0.867 e. The molecule has 0 radical (unpaired) electrons. The second-order valence-electron chi connectivity index (χ2n) is 4.96. The van der Waals surface area contributed by atoms with E-state index < -0.39 is 32.7 Å². The Bertz CT molecular complexity index is 1100. The third-order valence-corrected chi connectivity index (χ3v) is 3.34. The molecule has 25 heavy (non-hydrogen) atoms. The minimum absolute atomic E-state index is 0.288. The smallest absolute Gasteiger partial charge is 0.323 e. The van der Waals surface area contributed by atoms with E-state index in [2.05, 4.69) is 15.0 Å². The topological polar surface area (TPSA) is 170 Å². The summed E-state index contributed by atoms with van der Waals surface area (Å²) in [6, 6.07) is 6.15. The van der Waals surface area contributed by atoms with Crippen LogP contribution in [0.1, 0.15) is 5.56 Å². The molecule has 0 fully saturated rings. The molecule has 126 valence electrons. The minimum atomic E-state index is -0.983. The van der Waals surface area contributed by atoms with Crippen LogP contribution in [0, 0.1) is 20.2 Å². The van der Waals surface area contributed by atoms with Crippen LogP contribution in [0.25, 0.3) is 11.0 Å². The van der Waals surface area contributed by atoms with Crippen LogP contribution < -0.4 is 10.8 Å². The number of aromatic nitrogens is 2. The maximum absolute atomic E-state index is 12.0. The molecule has 0 aliphatic rings. The Morgan fingerprint density at radius 1 is 1.00 bits per heavy atom. The molecule has 2 N–H and O–H groups in total. The maximum atomic E-state index is 12.0. The van der Waals surface area contributed by atoms with Gasteiger partial charge in [0.2, 0.25) is 0 Å². The molecule has 0 atom stereocenters. The van der Waals surface area contributed by atoms with Crippen LogP contribution in [0.15, 0.2) is 40.1 Å². The monoisotopic (exact) mass is 342 g/mol. The van der Waals surface area contributed by atoms with Crippen LogP contribution >= 0.6 is 0 Å². The van der Waals surface area contributed by atoms with Gasteiger partial charge in [-0.15, -0.1) is 0 Å². The van der Waals surface area contributed by atoms with E-state index in [9.17, 15) is 30.1 Å². The molecular formula is C14H8N5O6-. The number of fused-ring (bicyclic) bond motifs is 1. The zero-order valence-electron chi connectivity index (χ0n) is 12.3. The molecule has 11 nitrogen and oxygen atoms in total. The Morgan fingerprint density at radius 3 is 2.40 bits per heavy atom. The Labute approximate surface area is 137 Å². The van der Waals surface area contributed by atoms with Gasteiger partial charge < -0.3 is 15.1 Å². The van der Waals surface area contributed by atoms with Crippen molar-refractivity contribution in [2.24, 2.45) is 4.99 Å². The molecule has 0 saturated heterocycles. The predicted octanol–water partition coefficient (Wildman–Crippen LogP) is 1.50. The first-order valence-electron chi connectivity index (χ1n) is 6.75. The van der Waals surface area contributed by atoms with E-state index in [1.165, 1.54) is 6.07 Å². The molecule has 0 aliphatic carbocycles. The zero-order chi connectivity index (χ0) is 18.1. The van der Waals surface area contributed by atoms with Gasteiger partial charge in [0, 0.05) is 12.3 Å². The van der Waals surface area contributed by atoms with Crippen molar-refractivity contribution in [2.45, 2.75) is 0 Å². The number of nitrogens with one attached hydrogen (secondary N) is 2. The number of aromatic amines is 2. The van der Waals surface area contributed by atoms with Crippen LogP contribution in [-0.4, -0.2) is 26.0 Å². The molecule has 0 aliphatic heterocycles. The number of hydrogen-bond acceptors (Lipinski definition) is 7. The van der Waals surface area contributed by atoms with E-state index in [-0.39, 0.29) is 5.56 Å². The lowest BCUT2D eigenvalue weighted by molar-refractivity contribution is -0.403. The lowest BCUT2D eigenvalue weighted by atomic mass is 10.1. The summed E-state index contributed by atoms with van der Waals surface area (Å²) in [7, 11) is 0.